The Morgan fingerprint density at radius 1 is 0.673 bits per heavy atom. The van der Waals surface area contributed by atoms with E-state index in [1.54, 1.807) is 16.7 Å². The molecule has 49 heavy (non-hydrogen) atoms. The van der Waals surface area contributed by atoms with Gasteiger partial charge in [0.1, 0.15) is 12.1 Å². The SMILES string of the molecule is COC(=O)[C@@H]1CSc2cc(Cc3cccc4ccccc34)cc(=O)n21.O=C(O)[C@@H]1CSc2cc(Cc3cccc4ccccc34)cc(=O)n21. The molecule has 0 saturated heterocycles. The van der Waals surface area contributed by atoms with Crippen LogP contribution in [0.5, 0.6) is 0 Å². The average Bonchev–Trinajstić information content (AvgIpc) is 3.74. The van der Waals surface area contributed by atoms with Gasteiger partial charge in [-0.15, -0.1) is 23.5 Å². The van der Waals surface area contributed by atoms with Gasteiger partial charge in [-0.25, -0.2) is 9.59 Å². The molecule has 4 heterocycles. The molecule has 0 aliphatic carbocycles. The Bertz CT molecular complexity index is 2350. The van der Waals surface area contributed by atoms with Crippen molar-refractivity contribution in [1.29, 1.82) is 0 Å². The van der Waals surface area contributed by atoms with Crippen molar-refractivity contribution >= 4 is 57.0 Å². The predicted octanol–water partition coefficient (Wildman–Crippen LogP) is 6.74. The summed E-state index contributed by atoms with van der Waals surface area (Å²) in [5, 5.41) is 15.6. The number of carboxylic acid groups (broad SMARTS) is 1. The first-order valence-electron chi connectivity index (χ1n) is 15.8. The number of rotatable bonds is 6. The fourth-order valence-corrected chi connectivity index (χ4v) is 8.97. The van der Waals surface area contributed by atoms with E-state index in [1.807, 2.05) is 48.5 Å². The van der Waals surface area contributed by atoms with E-state index in [0.29, 0.717) is 24.3 Å². The summed E-state index contributed by atoms with van der Waals surface area (Å²) in [6.07, 6.45) is 1.34. The highest BCUT2D eigenvalue weighted by atomic mass is 32.2. The van der Waals surface area contributed by atoms with Crippen molar-refractivity contribution in [3.63, 3.8) is 0 Å². The number of ether oxygens (including phenoxy) is 1. The van der Waals surface area contributed by atoms with Crippen LogP contribution in [0, 0.1) is 0 Å². The molecule has 0 amide bonds. The monoisotopic (exact) mass is 688 g/mol. The standard InChI is InChI=1S/C20H17NO3S.C19H15NO3S/c1-24-20(23)17-12-25-19-11-13(10-18(22)21(17)19)9-15-7-4-6-14-5-2-3-8-16(14)15;21-17-9-12(10-18-20(17)16(11-24-18)19(22)23)8-14-6-3-5-13-4-1-2-7-15(13)14/h2-8,10-11,17H,9,12H2,1H3;1-7,9-10,16H,8,11H2,(H,22,23)/t17-;16-/m00/s1. The zero-order valence-corrected chi connectivity index (χ0v) is 28.2. The second kappa shape index (κ2) is 13.8. The topological polar surface area (TPSA) is 108 Å². The number of fused-ring (bicyclic) bond motifs is 4. The molecule has 0 saturated carbocycles. The number of carboxylic acids is 1. The number of methoxy groups -OCH3 is 1. The molecule has 2 atom stereocenters. The summed E-state index contributed by atoms with van der Waals surface area (Å²) in [4.78, 5) is 48.1. The number of hydrogen-bond acceptors (Lipinski definition) is 7. The van der Waals surface area contributed by atoms with E-state index in [-0.39, 0.29) is 17.1 Å². The molecule has 6 aromatic rings. The van der Waals surface area contributed by atoms with Crippen LogP contribution < -0.4 is 11.1 Å². The second-order valence-corrected chi connectivity index (χ2v) is 14.0. The molecule has 2 aliphatic heterocycles. The summed E-state index contributed by atoms with van der Waals surface area (Å²) in [7, 11) is 1.35. The number of pyridine rings is 2. The number of carbonyl (C=O) groups is 2. The lowest BCUT2D eigenvalue weighted by molar-refractivity contribution is -0.144. The van der Waals surface area contributed by atoms with Gasteiger partial charge in [-0.1, -0.05) is 84.9 Å². The molecule has 1 N–H and O–H groups in total. The fraction of sp³-hybridized carbons (Fsp3) is 0.179. The average molecular weight is 689 g/mol. The summed E-state index contributed by atoms with van der Waals surface area (Å²) in [5.41, 5.74) is 3.85. The lowest BCUT2D eigenvalue weighted by Gasteiger charge is -2.12. The Balaban J connectivity index is 0.000000154. The molecular formula is C39H32N2O6S2. The van der Waals surface area contributed by atoms with E-state index in [2.05, 4.69) is 48.5 Å². The van der Waals surface area contributed by atoms with Crippen LogP contribution in [-0.4, -0.2) is 44.8 Å². The molecule has 2 aliphatic rings. The van der Waals surface area contributed by atoms with E-state index in [9.17, 15) is 24.3 Å². The second-order valence-electron chi connectivity index (χ2n) is 12.0. The van der Waals surface area contributed by atoms with Crippen molar-refractivity contribution < 1.29 is 19.4 Å². The molecule has 2 aromatic heterocycles. The van der Waals surface area contributed by atoms with Crippen LogP contribution in [-0.2, 0) is 27.2 Å². The van der Waals surface area contributed by atoms with Gasteiger partial charge < -0.3 is 9.84 Å². The number of nitrogens with zero attached hydrogens (tertiary/aromatic N) is 2. The third-order valence-corrected chi connectivity index (χ3v) is 11.1. The van der Waals surface area contributed by atoms with E-state index in [1.165, 1.54) is 62.3 Å². The number of aromatic nitrogens is 2. The van der Waals surface area contributed by atoms with Crippen LogP contribution in [0.1, 0.15) is 34.3 Å². The van der Waals surface area contributed by atoms with Crippen LogP contribution in [0.15, 0.2) is 129 Å². The number of carbonyl (C=O) groups excluding carboxylic acids is 1. The number of thioether (sulfide) groups is 2. The zero-order valence-electron chi connectivity index (χ0n) is 26.6. The molecule has 4 aromatic carbocycles. The van der Waals surface area contributed by atoms with Crippen molar-refractivity contribution in [2.24, 2.45) is 0 Å². The fourth-order valence-electron chi connectivity index (χ4n) is 6.56. The molecule has 0 spiro atoms. The maximum absolute atomic E-state index is 12.6. The molecule has 10 heteroatoms. The maximum Gasteiger partial charge on any atom is 0.329 e. The Morgan fingerprint density at radius 3 is 1.61 bits per heavy atom. The number of benzene rings is 4. The van der Waals surface area contributed by atoms with Gasteiger partial charge in [-0.05, 0) is 68.8 Å². The van der Waals surface area contributed by atoms with Gasteiger partial charge in [0.25, 0.3) is 11.1 Å². The third-order valence-electron chi connectivity index (χ3n) is 8.89. The van der Waals surface area contributed by atoms with Gasteiger partial charge in [-0.2, -0.15) is 0 Å². The Kier molecular flexibility index (Phi) is 9.16. The first kappa shape index (κ1) is 32.5. The molecule has 246 valence electrons. The number of esters is 1. The minimum absolute atomic E-state index is 0.145. The summed E-state index contributed by atoms with van der Waals surface area (Å²) in [6, 6.07) is 34.7. The van der Waals surface area contributed by atoms with Crippen LogP contribution in [0.2, 0.25) is 0 Å². The first-order chi connectivity index (χ1) is 23.8. The minimum Gasteiger partial charge on any atom is -0.480 e. The van der Waals surface area contributed by atoms with Crippen molar-refractivity contribution in [2.45, 2.75) is 35.0 Å². The molecular weight excluding hydrogens is 657 g/mol. The molecule has 8 nitrogen and oxygen atoms in total. The Morgan fingerprint density at radius 2 is 1.12 bits per heavy atom. The minimum atomic E-state index is -0.954. The smallest absolute Gasteiger partial charge is 0.329 e. The van der Waals surface area contributed by atoms with Crippen LogP contribution in [0.25, 0.3) is 21.5 Å². The number of aliphatic carboxylic acids is 1. The van der Waals surface area contributed by atoms with Gasteiger partial charge >= 0.3 is 11.9 Å². The van der Waals surface area contributed by atoms with Crippen LogP contribution >= 0.6 is 23.5 Å². The summed E-state index contributed by atoms with van der Waals surface area (Å²) < 4.78 is 7.74. The van der Waals surface area contributed by atoms with Gasteiger partial charge in [0.2, 0.25) is 0 Å². The van der Waals surface area contributed by atoms with E-state index in [4.69, 9.17) is 4.74 Å². The third kappa shape index (κ3) is 6.54. The summed E-state index contributed by atoms with van der Waals surface area (Å²) in [6.45, 7) is 0. The summed E-state index contributed by atoms with van der Waals surface area (Å²) >= 11 is 2.95. The van der Waals surface area contributed by atoms with Crippen molar-refractivity contribution in [1.82, 2.24) is 9.13 Å². The lowest BCUT2D eigenvalue weighted by atomic mass is 9.99. The zero-order chi connectivity index (χ0) is 34.1. The van der Waals surface area contributed by atoms with Gasteiger partial charge in [0, 0.05) is 23.6 Å². The maximum atomic E-state index is 12.6. The Hall–Kier alpha value is -5.06. The predicted molar refractivity (Wildman–Crippen MR) is 194 cm³/mol. The molecule has 0 fully saturated rings. The highest BCUT2D eigenvalue weighted by Gasteiger charge is 2.31. The molecule has 0 unspecified atom stereocenters. The van der Waals surface area contributed by atoms with Crippen molar-refractivity contribution in [2.75, 3.05) is 18.6 Å². The van der Waals surface area contributed by atoms with Crippen LogP contribution in [0.4, 0.5) is 0 Å². The van der Waals surface area contributed by atoms with Crippen molar-refractivity contribution in [3.05, 3.63) is 152 Å². The van der Waals surface area contributed by atoms with E-state index in [0.717, 1.165) is 26.7 Å². The van der Waals surface area contributed by atoms with E-state index >= 15 is 0 Å². The van der Waals surface area contributed by atoms with Crippen molar-refractivity contribution in [3.8, 4) is 0 Å². The highest BCUT2D eigenvalue weighted by Crippen LogP contribution is 2.34. The molecule has 8 rings (SSSR count). The molecule has 0 bridgehead atoms. The Labute approximate surface area is 290 Å². The van der Waals surface area contributed by atoms with Gasteiger partial charge in [-0.3, -0.25) is 18.7 Å². The van der Waals surface area contributed by atoms with E-state index < -0.39 is 18.1 Å². The largest absolute Gasteiger partial charge is 0.480 e. The van der Waals surface area contributed by atoms with Gasteiger partial charge in [0.05, 0.1) is 17.2 Å². The quantitative estimate of drug-likeness (QED) is 0.192. The van der Waals surface area contributed by atoms with Gasteiger partial charge in [0.15, 0.2) is 0 Å². The van der Waals surface area contributed by atoms with Crippen LogP contribution in [0.3, 0.4) is 0 Å². The molecule has 0 radical (unpaired) electrons. The normalized spacial score (nSPS) is 16.1. The summed E-state index contributed by atoms with van der Waals surface area (Å²) in [5.74, 6) is -0.373. The first-order valence-corrected chi connectivity index (χ1v) is 17.8. The number of hydrogen-bond donors (Lipinski definition) is 1. The lowest BCUT2D eigenvalue weighted by Crippen LogP contribution is -2.29. The highest BCUT2D eigenvalue weighted by molar-refractivity contribution is 7.99.